The van der Waals surface area contributed by atoms with Crippen molar-refractivity contribution in [2.24, 2.45) is 17.6 Å². The van der Waals surface area contributed by atoms with Gasteiger partial charge >= 0.3 is 0 Å². The van der Waals surface area contributed by atoms with E-state index in [-0.39, 0.29) is 6.10 Å². The largest absolute Gasteiger partial charge is 0.375 e. The first-order valence-corrected chi connectivity index (χ1v) is 6.58. The summed E-state index contributed by atoms with van der Waals surface area (Å²) in [5.74, 6) is 1.58. The smallest absolute Gasteiger partial charge is 0.0930 e. The van der Waals surface area contributed by atoms with E-state index in [9.17, 15) is 0 Å². The molecule has 3 nitrogen and oxygen atoms in total. The Labute approximate surface area is 99.7 Å². The van der Waals surface area contributed by atoms with Gasteiger partial charge in [0.05, 0.1) is 18.8 Å². The van der Waals surface area contributed by atoms with E-state index >= 15 is 0 Å². The zero-order chi connectivity index (χ0) is 12.0. The molecule has 0 aromatic heterocycles. The van der Waals surface area contributed by atoms with Crippen LogP contribution in [-0.4, -0.2) is 32.0 Å². The van der Waals surface area contributed by atoms with Gasteiger partial charge in [-0.15, -0.1) is 0 Å². The van der Waals surface area contributed by atoms with Crippen molar-refractivity contribution in [1.82, 2.24) is 0 Å². The third kappa shape index (κ3) is 4.81. The van der Waals surface area contributed by atoms with Gasteiger partial charge in [0.25, 0.3) is 0 Å². The van der Waals surface area contributed by atoms with Crippen LogP contribution in [0.25, 0.3) is 0 Å². The summed E-state index contributed by atoms with van der Waals surface area (Å²) in [6.07, 6.45) is 4.19. The Kier molecular flexibility index (Phi) is 6.32. The van der Waals surface area contributed by atoms with E-state index in [1.807, 2.05) is 6.92 Å². The molecule has 1 rings (SSSR count). The molecule has 2 N–H and O–H groups in total. The second-order valence-electron chi connectivity index (χ2n) is 5.19. The van der Waals surface area contributed by atoms with Gasteiger partial charge < -0.3 is 15.2 Å². The van der Waals surface area contributed by atoms with Crippen LogP contribution in [0, 0.1) is 11.8 Å². The number of ether oxygens (including phenoxy) is 2. The first kappa shape index (κ1) is 13.9. The number of hydrogen-bond acceptors (Lipinski definition) is 3. The molecule has 0 heterocycles. The van der Waals surface area contributed by atoms with Crippen LogP contribution in [0.3, 0.4) is 0 Å². The van der Waals surface area contributed by atoms with Gasteiger partial charge in [-0.25, -0.2) is 0 Å². The van der Waals surface area contributed by atoms with Gasteiger partial charge in [-0.2, -0.15) is 0 Å². The maximum Gasteiger partial charge on any atom is 0.0930 e. The number of hydrogen-bond donors (Lipinski definition) is 1. The first-order chi connectivity index (χ1) is 7.65. The molecule has 1 aliphatic carbocycles. The van der Waals surface area contributed by atoms with Gasteiger partial charge in [-0.3, -0.25) is 0 Å². The lowest BCUT2D eigenvalue weighted by Gasteiger charge is -2.32. The zero-order valence-corrected chi connectivity index (χ0v) is 10.9. The van der Waals surface area contributed by atoms with Crippen LogP contribution in [0.1, 0.15) is 40.0 Å². The fourth-order valence-corrected chi connectivity index (χ4v) is 2.67. The summed E-state index contributed by atoms with van der Waals surface area (Å²) in [5.41, 5.74) is 5.62. The van der Waals surface area contributed by atoms with Crippen molar-refractivity contribution in [3.05, 3.63) is 0 Å². The Morgan fingerprint density at radius 1 is 1.19 bits per heavy atom. The fraction of sp³-hybridized carbons (Fsp3) is 1.00. The summed E-state index contributed by atoms with van der Waals surface area (Å²) >= 11 is 0. The van der Waals surface area contributed by atoms with Crippen LogP contribution >= 0.6 is 0 Å². The predicted molar refractivity (Wildman–Crippen MR) is 66.4 cm³/mol. The lowest BCUT2D eigenvalue weighted by atomic mass is 9.82. The second-order valence-corrected chi connectivity index (χ2v) is 5.19. The van der Waals surface area contributed by atoms with E-state index in [0.29, 0.717) is 25.9 Å². The lowest BCUT2D eigenvalue weighted by molar-refractivity contribution is -0.0586. The zero-order valence-electron chi connectivity index (χ0n) is 10.9. The van der Waals surface area contributed by atoms with Crippen LogP contribution in [0.5, 0.6) is 0 Å². The van der Waals surface area contributed by atoms with Crippen LogP contribution in [0.15, 0.2) is 0 Å². The van der Waals surface area contributed by atoms with Gasteiger partial charge in [0, 0.05) is 13.2 Å². The van der Waals surface area contributed by atoms with E-state index < -0.39 is 0 Å². The predicted octanol–water partition coefficient (Wildman–Crippen LogP) is 2.19. The standard InChI is InChI=1S/C13H27NO2/c1-4-15-13(8-14)9-16-12-6-10(2)5-11(3)7-12/h10-13H,4-9,14H2,1-3H3. The van der Waals surface area contributed by atoms with Crippen LogP contribution in [0.2, 0.25) is 0 Å². The minimum Gasteiger partial charge on any atom is -0.375 e. The highest BCUT2D eigenvalue weighted by atomic mass is 16.5. The summed E-state index contributed by atoms with van der Waals surface area (Å²) in [5, 5.41) is 0. The molecule has 1 fully saturated rings. The second kappa shape index (κ2) is 7.25. The Morgan fingerprint density at radius 2 is 1.81 bits per heavy atom. The Hall–Kier alpha value is -0.120. The van der Waals surface area contributed by atoms with Crippen LogP contribution < -0.4 is 5.73 Å². The summed E-state index contributed by atoms with van der Waals surface area (Å²) in [4.78, 5) is 0. The van der Waals surface area contributed by atoms with Gasteiger partial charge in [-0.05, 0) is 38.0 Å². The quantitative estimate of drug-likeness (QED) is 0.759. The first-order valence-electron chi connectivity index (χ1n) is 6.58. The monoisotopic (exact) mass is 229 g/mol. The molecule has 0 bridgehead atoms. The van der Waals surface area contributed by atoms with E-state index in [4.69, 9.17) is 15.2 Å². The van der Waals surface area contributed by atoms with Crippen molar-refractivity contribution in [3.63, 3.8) is 0 Å². The average molecular weight is 229 g/mol. The van der Waals surface area contributed by atoms with Crippen molar-refractivity contribution in [2.75, 3.05) is 19.8 Å². The van der Waals surface area contributed by atoms with E-state index in [1.54, 1.807) is 0 Å². The molecule has 3 unspecified atom stereocenters. The van der Waals surface area contributed by atoms with E-state index in [1.165, 1.54) is 19.3 Å². The molecule has 1 saturated carbocycles. The molecule has 3 atom stereocenters. The minimum absolute atomic E-state index is 0.0672. The summed E-state index contributed by atoms with van der Waals surface area (Å²) in [7, 11) is 0. The molecule has 3 heteroatoms. The van der Waals surface area contributed by atoms with Gasteiger partial charge in [0.15, 0.2) is 0 Å². The number of nitrogens with two attached hydrogens (primary N) is 1. The fourth-order valence-electron chi connectivity index (χ4n) is 2.67. The van der Waals surface area contributed by atoms with Crippen molar-refractivity contribution in [3.8, 4) is 0 Å². The van der Waals surface area contributed by atoms with Crippen molar-refractivity contribution < 1.29 is 9.47 Å². The molecule has 0 aromatic rings. The summed E-state index contributed by atoms with van der Waals surface area (Å²) in [6.45, 7) is 8.53. The highest BCUT2D eigenvalue weighted by molar-refractivity contribution is 4.75. The molecule has 0 amide bonds. The highest BCUT2D eigenvalue weighted by Gasteiger charge is 2.25. The number of rotatable bonds is 6. The summed E-state index contributed by atoms with van der Waals surface area (Å²) in [6, 6.07) is 0. The third-order valence-corrected chi connectivity index (χ3v) is 3.32. The SMILES string of the molecule is CCOC(CN)COC1CC(C)CC(C)C1. The van der Waals surface area contributed by atoms with E-state index in [2.05, 4.69) is 13.8 Å². The topological polar surface area (TPSA) is 44.5 Å². The normalized spacial score (nSPS) is 32.6. The molecule has 1 aliphatic rings. The lowest BCUT2D eigenvalue weighted by Crippen LogP contribution is -2.33. The highest BCUT2D eigenvalue weighted by Crippen LogP contribution is 2.30. The molecule has 0 spiro atoms. The average Bonchev–Trinajstić information content (AvgIpc) is 2.23. The Bertz CT molecular complexity index is 177. The molecule has 0 saturated heterocycles. The summed E-state index contributed by atoms with van der Waals surface area (Å²) < 4.78 is 11.4. The Balaban J connectivity index is 2.25. The molecule has 0 aliphatic heterocycles. The molecular formula is C13H27NO2. The maximum absolute atomic E-state index is 5.92. The van der Waals surface area contributed by atoms with Crippen LogP contribution in [0.4, 0.5) is 0 Å². The third-order valence-electron chi connectivity index (χ3n) is 3.32. The molecule has 0 aromatic carbocycles. The van der Waals surface area contributed by atoms with Crippen molar-refractivity contribution in [2.45, 2.75) is 52.2 Å². The van der Waals surface area contributed by atoms with Crippen molar-refractivity contribution >= 4 is 0 Å². The van der Waals surface area contributed by atoms with Crippen molar-refractivity contribution in [1.29, 1.82) is 0 Å². The molecule has 16 heavy (non-hydrogen) atoms. The molecule has 96 valence electrons. The van der Waals surface area contributed by atoms with Gasteiger partial charge in [-0.1, -0.05) is 13.8 Å². The molecule has 0 radical (unpaired) electrons. The van der Waals surface area contributed by atoms with E-state index in [0.717, 1.165) is 11.8 Å². The van der Waals surface area contributed by atoms with Crippen LogP contribution in [-0.2, 0) is 9.47 Å². The maximum atomic E-state index is 5.92. The van der Waals surface area contributed by atoms with Gasteiger partial charge in [0.1, 0.15) is 0 Å². The minimum atomic E-state index is 0.0672. The Morgan fingerprint density at radius 3 is 2.31 bits per heavy atom. The molecular weight excluding hydrogens is 202 g/mol. The van der Waals surface area contributed by atoms with Gasteiger partial charge in [0.2, 0.25) is 0 Å².